The van der Waals surface area contributed by atoms with Crippen LogP contribution in [-0.2, 0) is 47.9 Å². The zero-order chi connectivity index (χ0) is 64.6. The van der Waals surface area contributed by atoms with Gasteiger partial charge in [-0.05, 0) is 189 Å². The molecule has 0 heterocycles. The van der Waals surface area contributed by atoms with Crippen LogP contribution in [0.5, 0.6) is 0 Å². The fourth-order valence-electron chi connectivity index (χ4n) is 9.21. The summed E-state index contributed by atoms with van der Waals surface area (Å²) in [6.07, 6.45) is 9.52. The molecule has 10 atom stereocenters. The molecule has 0 aromatic carbocycles. The first-order valence-electron chi connectivity index (χ1n) is 30.8. The summed E-state index contributed by atoms with van der Waals surface area (Å²) in [4.78, 5) is 139. The van der Waals surface area contributed by atoms with Crippen molar-refractivity contribution < 1.29 is 47.9 Å². The van der Waals surface area contributed by atoms with Crippen molar-refractivity contribution in [1.82, 2.24) is 47.9 Å². The third kappa shape index (κ3) is 35.6. The number of carbonyl (C=O) groups excluding carboxylic acids is 10. The third-order valence-corrected chi connectivity index (χ3v) is 15.2. The lowest BCUT2D eigenvalue weighted by Gasteiger charge is -2.29. The minimum absolute atomic E-state index is 0.0108. The molecule has 0 aliphatic rings. The van der Waals surface area contributed by atoms with E-state index in [-0.39, 0.29) is 81.5 Å². The van der Waals surface area contributed by atoms with Gasteiger partial charge in [0.2, 0.25) is 59.1 Å². The molecule has 0 unspecified atom stereocenters. The Hall–Kier alpha value is -4.80. The molecule has 0 saturated carbocycles. The Labute approximate surface area is 515 Å². The molecule has 0 rings (SSSR count). The maximum atomic E-state index is 14.5. The van der Waals surface area contributed by atoms with E-state index in [1.54, 1.807) is 11.8 Å². The van der Waals surface area contributed by atoms with Crippen molar-refractivity contribution in [2.75, 3.05) is 50.2 Å². The van der Waals surface area contributed by atoms with Gasteiger partial charge in [0.15, 0.2) is 0 Å². The smallest absolute Gasteiger partial charge is 0.243 e. The topological polar surface area (TPSA) is 435 Å². The van der Waals surface area contributed by atoms with Crippen molar-refractivity contribution in [2.24, 2.45) is 58.1 Å². The Morgan fingerprint density at radius 1 is 0.306 bits per heavy atom. The molecule has 0 aliphatic heterocycles. The van der Waals surface area contributed by atoms with Gasteiger partial charge in [-0.15, -0.1) is 0 Å². The number of hydrogen-bond donors (Lipinski definition) is 15. The monoisotopic (exact) mass is 1240 g/mol. The van der Waals surface area contributed by atoms with E-state index in [0.717, 1.165) is 0 Å². The minimum atomic E-state index is -1.22. The molecular weight excluding hydrogens is 1130 g/mol. The Balaban J connectivity index is 6.95. The zero-order valence-electron chi connectivity index (χ0n) is 52.9. The van der Waals surface area contributed by atoms with Crippen LogP contribution in [0.4, 0.5) is 0 Å². The molecule has 27 heteroatoms. The Kier molecular flexibility index (Phi) is 43.8. The summed E-state index contributed by atoms with van der Waals surface area (Å²) in [6, 6.07) is -11.0. The van der Waals surface area contributed by atoms with Crippen LogP contribution in [0.1, 0.15) is 171 Å². The van der Waals surface area contributed by atoms with Crippen LogP contribution in [0.15, 0.2) is 0 Å². The largest absolute Gasteiger partial charge is 0.368 e. The number of amides is 10. The van der Waals surface area contributed by atoms with E-state index in [0.29, 0.717) is 95.5 Å². The summed E-state index contributed by atoms with van der Waals surface area (Å²) in [7, 11) is 0. The van der Waals surface area contributed by atoms with Crippen LogP contribution in [0.2, 0.25) is 0 Å². The lowest BCUT2D eigenvalue weighted by Crippen LogP contribution is -2.61. The normalized spacial score (nSPS) is 15.0. The van der Waals surface area contributed by atoms with Gasteiger partial charge in [0, 0.05) is 0 Å². The average molecular weight is 1240 g/mol. The van der Waals surface area contributed by atoms with Crippen molar-refractivity contribution in [3.05, 3.63) is 0 Å². The minimum Gasteiger partial charge on any atom is -0.368 e. The molecule has 0 bridgehead atoms. The molecule has 0 saturated heterocycles. The van der Waals surface area contributed by atoms with Gasteiger partial charge in [-0.3, -0.25) is 47.9 Å². The van der Waals surface area contributed by atoms with Gasteiger partial charge < -0.3 is 82.3 Å². The molecule has 10 amide bonds. The molecule has 21 N–H and O–H groups in total. The summed E-state index contributed by atoms with van der Waals surface area (Å²) in [5.74, 6) is -5.70. The first-order chi connectivity index (χ1) is 40.2. The number of unbranched alkanes of at least 4 members (excludes halogenated alkanes) is 4. The molecule has 0 aromatic heterocycles. The second-order valence-corrected chi connectivity index (χ2v) is 25.7. The molecule has 492 valence electrons. The van der Waals surface area contributed by atoms with Gasteiger partial charge in [0.25, 0.3) is 0 Å². The third-order valence-electron chi connectivity index (χ3n) is 13.9. The van der Waals surface area contributed by atoms with E-state index in [9.17, 15) is 47.9 Å². The number of nitrogens with two attached hydrogens (primary N) is 6. The Bertz CT molecular complexity index is 2010. The second kappa shape index (κ2) is 46.4. The Morgan fingerprint density at radius 2 is 0.518 bits per heavy atom. The van der Waals surface area contributed by atoms with E-state index in [1.807, 2.05) is 67.9 Å². The molecular formula is C58H113N15O10S2. The van der Waals surface area contributed by atoms with Crippen LogP contribution >= 0.6 is 23.5 Å². The standard InChI is InChI=1S/C58H113N15O10S2/c1-35(2)31-45(70-50(75)39(63)23-29-84-9)57(82)72-46(32-36(3)4)55(80)69-43(21-13-17-27-61)53(78)67-44(22-14-18-28-62)54(79)71-48(34-38(7)8)58(83)73-47(33-37(5)6)56(81)68-42(20-12-16-26-60)52(77)66-41(19-11-15-25-59)51(76)65-40(49(64)74)24-30-85-10/h35-48H,11-34,59-63H2,1-10H3,(H2,64,74)(H,65,76)(H,66,77)(H,67,78)(H,68,81)(H,69,80)(H,70,75)(H,71,79)(H,72,82)(H,73,83)/t39-,40-,41-,42-,43-,44-,45-,46-,47-,48-/m0/s1. The highest BCUT2D eigenvalue weighted by atomic mass is 32.2. The van der Waals surface area contributed by atoms with Gasteiger partial charge in [-0.2, -0.15) is 23.5 Å². The average Bonchev–Trinajstić information content (AvgIpc) is 3.45. The van der Waals surface area contributed by atoms with Gasteiger partial charge in [-0.25, -0.2) is 0 Å². The van der Waals surface area contributed by atoms with E-state index in [2.05, 4.69) is 47.9 Å². The molecule has 0 aromatic rings. The van der Waals surface area contributed by atoms with Crippen molar-refractivity contribution in [2.45, 2.75) is 231 Å². The van der Waals surface area contributed by atoms with E-state index >= 15 is 0 Å². The summed E-state index contributed by atoms with van der Waals surface area (Å²) < 4.78 is 0. The number of primary amides is 1. The summed E-state index contributed by atoms with van der Waals surface area (Å²) in [5.41, 5.74) is 35.0. The van der Waals surface area contributed by atoms with E-state index < -0.39 is 119 Å². The SMILES string of the molecule is CSCC[C@H](NC(=O)[C@H](CCCCN)NC(=O)[C@H](CCCCN)NC(=O)[C@H](CC(C)C)NC(=O)[C@H](CC(C)C)NC(=O)[C@H](CCCCN)NC(=O)[C@H](CCCCN)NC(=O)[C@H](CC(C)C)NC(=O)[C@H](CC(C)C)NC(=O)[C@@H](N)CCSC)C(N)=O. The van der Waals surface area contributed by atoms with Crippen LogP contribution in [-0.4, -0.2) is 170 Å². The van der Waals surface area contributed by atoms with Crippen molar-refractivity contribution in [3.63, 3.8) is 0 Å². The molecule has 85 heavy (non-hydrogen) atoms. The molecule has 0 aliphatic carbocycles. The summed E-state index contributed by atoms with van der Waals surface area (Å²) >= 11 is 3.02. The number of rotatable bonds is 49. The number of hydrogen-bond acceptors (Lipinski definition) is 17. The highest BCUT2D eigenvalue weighted by molar-refractivity contribution is 7.98. The van der Waals surface area contributed by atoms with Gasteiger partial charge >= 0.3 is 0 Å². The fourth-order valence-corrected chi connectivity index (χ4v) is 10.2. The van der Waals surface area contributed by atoms with E-state index in [4.69, 9.17) is 34.4 Å². The van der Waals surface area contributed by atoms with E-state index in [1.165, 1.54) is 11.8 Å². The predicted molar refractivity (Wildman–Crippen MR) is 340 cm³/mol. The fraction of sp³-hybridized carbons (Fsp3) is 0.828. The van der Waals surface area contributed by atoms with Gasteiger partial charge in [0.05, 0.1) is 6.04 Å². The first-order valence-corrected chi connectivity index (χ1v) is 33.5. The van der Waals surface area contributed by atoms with Crippen LogP contribution in [0, 0.1) is 23.7 Å². The van der Waals surface area contributed by atoms with Gasteiger partial charge in [0.1, 0.15) is 54.4 Å². The summed E-state index contributed by atoms with van der Waals surface area (Å²) in [6.45, 7) is 16.2. The maximum absolute atomic E-state index is 14.5. The van der Waals surface area contributed by atoms with Crippen LogP contribution in [0.25, 0.3) is 0 Å². The van der Waals surface area contributed by atoms with Crippen molar-refractivity contribution in [3.8, 4) is 0 Å². The van der Waals surface area contributed by atoms with Crippen molar-refractivity contribution in [1.29, 1.82) is 0 Å². The molecule has 0 radical (unpaired) electrons. The quantitative estimate of drug-likeness (QED) is 0.0366. The van der Waals surface area contributed by atoms with Crippen LogP contribution < -0.4 is 82.3 Å². The predicted octanol–water partition coefficient (Wildman–Crippen LogP) is 0.369. The molecule has 0 fully saturated rings. The zero-order valence-corrected chi connectivity index (χ0v) is 54.5. The lowest BCUT2D eigenvalue weighted by molar-refractivity contribution is -0.136. The highest BCUT2D eigenvalue weighted by Gasteiger charge is 2.36. The van der Waals surface area contributed by atoms with Crippen molar-refractivity contribution >= 4 is 82.6 Å². The lowest BCUT2D eigenvalue weighted by atomic mass is 9.98. The first kappa shape index (κ1) is 80.2. The second-order valence-electron chi connectivity index (χ2n) is 23.8. The maximum Gasteiger partial charge on any atom is 0.243 e. The Morgan fingerprint density at radius 3 is 0.741 bits per heavy atom. The molecule has 25 nitrogen and oxygen atoms in total. The summed E-state index contributed by atoms with van der Waals surface area (Å²) in [5, 5.41) is 25.2. The number of carbonyl (C=O) groups is 10. The molecule has 0 spiro atoms. The van der Waals surface area contributed by atoms with Gasteiger partial charge in [-0.1, -0.05) is 55.4 Å². The van der Waals surface area contributed by atoms with Crippen LogP contribution in [0.3, 0.4) is 0 Å². The highest BCUT2D eigenvalue weighted by Crippen LogP contribution is 2.15. The number of thioether (sulfide) groups is 2. The number of nitrogens with one attached hydrogen (secondary N) is 9.